The van der Waals surface area contributed by atoms with Crippen LogP contribution in [0.1, 0.15) is 26.2 Å². The largest absolute Gasteiger partial charge is 0.374 e. The molecular formula is C13H19FN4O. The van der Waals surface area contributed by atoms with Gasteiger partial charge in [-0.15, -0.1) is 0 Å². The van der Waals surface area contributed by atoms with Crippen molar-refractivity contribution >= 4 is 11.8 Å². The van der Waals surface area contributed by atoms with Crippen molar-refractivity contribution in [1.29, 1.82) is 0 Å². The van der Waals surface area contributed by atoms with Crippen LogP contribution >= 0.6 is 0 Å². The molecule has 0 aromatic carbocycles. The third-order valence-electron chi connectivity index (χ3n) is 3.81. The molecule has 0 spiro atoms. The molecule has 6 heteroatoms. The highest BCUT2D eigenvalue weighted by Crippen LogP contribution is 2.33. The number of hydrogen-bond donors (Lipinski definition) is 1. The topological polar surface area (TPSA) is 50.3 Å². The summed E-state index contributed by atoms with van der Waals surface area (Å²) in [6.45, 7) is 4.02. The third kappa shape index (κ3) is 2.36. The second-order valence-corrected chi connectivity index (χ2v) is 5.00. The summed E-state index contributed by atoms with van der Waals surface area (Å²) in [6, 6.07) is 0.257. The van der Waals surface area contributed by atoms with Gasteiger partial charge < -0.3 is 15.0 Å². The van der Waals surface area contributed by atoms with Gasteiger partial charge in [0.25, 0.3) is 0 Å². The van der Waals surface area contributed by atoms with Gasteiger partial charge in [0.15, 0.2) is 11.6 Å². The van der Waals surface area contributed by atoms with E-state index >= 15 is 0 Å². The first-order valence-corrected chi connectivity index (χ1v) is 6.94. The van der Waals surface area contributed by atoms with Gasteiger partial charge in [0.2, 0.25) is 5.95 Å². The Morgan fingerprint density at radius 2 is 2.42 bits per heavy atom. The van der Waals surface area contributed by atoms with Crippen LogP contribution < -0.4 is 10.2 Å². The predicted octanol–water partition coefficient (Wildman–Crippen LogP) is 1.81. The molecule has 2 fully saturated rings. The van der Waals surface area contributed by atoms with E-state index < -0.39 is 0 Å². The highest BCUT2D eigenvalue weighted by molar-refractivity contribution is 5.46. The van der Waals surface area contributed by atoms with Crippen LogP contribution in [0, 0.1) is 5.82 Å². The lowest BCUT2D eigenvalue weighted by Crippen LogP contribution is -2.49. The van der Waals surface area contributed by atoms with Crippen molar-refractivity contribution in [1.82, 2.24) is 9.97 Å². The van der Waals surface area contributed by atoms with Crippen LogP contribution in [0.4, 0.5) is 16.2 Å². The summed E-state index contributed by atoms with van der Waals surface area (Å²) >= 11 is 0. The van der Waals surface area contributed by atoms with Gasteiger partial charge in [-0.05, 0) is 26.2 Å². The van der Waals surface area contributed by atoms with Gasteiger partial charge in [0, 0.05) is 13.1 Å². The molecule has 1 saturated carbocycles. The molecule has 1 aromatic heterocycles. The van der Waals surface area contributed by atoms with E-state index in [0.717, 1.165) is 25.8 Å². The molecule has 5 nitrogen and oxygen atoms in total. The number of rotatable bonds is 3. The summed E-state index contributed by atoms with van der Waals surface area (Å²) < 4.78 is 19.8. The van der Waals surface area contributed by atoms with Gasteiger partial charge in [0.05, 0.1) is 24.9 Å². The SMILES string of the molecule is CCNc1ncc(F)c(N2CCOC3CCCC32)n1. The Kier molecular flexibility index (Phi) is 3.50. The average Bonchev–Trinajstić information content (AvgIpc) is 2.89. The standard InChI is InChI=1S/C13H19FN4O/c1-2-15-13-16-8-9(14)12(17-13)18-6-7-19-11-5-3-4-10(11)18/h8,10-11H,2-7H2,1H3,(H,15,16,17). The second kappa shape index (κ2) is 5.28. The van der Waals surface area contributed by atoms with Crippen LogP contribution in [0.2, 0.25) is 0 Å². The number of halogens is 1. The van der Waals surface area contributed by atoms with Crippen LogP contribution in [0.3, 0.4) is 0 Å². The number of hydrogen-bond acceptors (Lipinski definition) is 5. The fourth-order valence-corrected chi connectivity index (χ4v) is 2.99. The highest BCUT2D eigenvalue weighted by atomic mass is 19.1. The van der Waals surface area contributed by atoms with Crippen molar-refractivity contribution in [3.63, 3.8) is 0 Å². The predicted molar refractivity (Wildman–Crippen MR) is 70.9 cm³/mol. The minimum Gasteiger partial charge on any atom is -0.374 e. The van der Waals surface area contributed by atoms with E-state index in [1.54, 1.807) is 0 Å². The molecule has 1 aromatic rings. The molecule has 2 aliphatic rings. The molecule has 2 atom stereocenters. The molecular weight excluding hydrogens is 247 g/mol. The monoisotopic (exact) mass is 266 g/mol. The molecule has 0 amide bonds. The number of aromatic nitrogens is 2. The van der Waals surface area contributed by atoms with Gasteiger partial charge in [-0.1, -0.05) is 0 Å². The van der Waals surface area contributed by atoms with E-state index in [-0.39, 0.29) is 18.0 Å². The van der Waals surface area contributed by atoms with E-state index in [0.29, 0.717) is 24.9 Å². The Morgan fingerprint density at radius 1 is 1.53 bits per heavy atom. The summed E-state index contributed by atoms with van der Waals surface area (Å²) in [5.74, 6) is 0.542. The average molecular weight is 266 g/mol. The van der Waals surface area contributed by atoms with E-state index in [2.05, 4.69) is 20.2 Å². The number of ether oxygens (including phenoxy) is 1. The van der Waals surface area contributed by atoms with Crippen LogP contribution in [0.5, 0.6) is 0 Å². The summed E-state index contributed by atoms with van der Waals surface area (Å²) in [7, 11) is 0. The Bertz CT molecular complexity index is 456. The first-order chi connectivity index (χ1) is 9.29. The maximum absolute atomic E-state index is 14.0. The molecule has 19 heavy (non-hydrogen) atoms. The second-order valence-electron chi connectivity index (χ2n) is 5.00. The van der Waals surface area contributed by atoms with Gasteiger partial charge in [0.1, 0.15) is 0 Å². The smallest absolute Gasteiger partial charge is 0.224 e. The quantitative estimate of drug-likeness (QED) is 0.904. The lowest BCUT2D eigenvalue weighted by molar-refractivity contribution is 0.0250. The number of nitrogens with zero attached hydrogens (tertiary/aromatic N) is 3. The zero-order valence-electron chi connectivity index (χ0n) is 11.1. The Hall–Kier alpha value is -1.43. The summed E-state index contributed by atoms with van der Waals surface area (Å²) in [4.78, 5) is 10.3. The highest BCUT2D eigenvalue weighted by Gasteiger charge is 2.37. The third-order valence-corrected chi connectivity index (χ3v) is 3.81. The maximum atomic E-state index is 14.0. The zero-order chi connectivity index (χ0) is 13.2. The van der Waals surface area contributed by atoms with Gasteiger partial charge in [-0.3, -0.25) is 0 Å². The van der Waals surface area contributed by atoms with Gasteiger partial charge >= 0.3 is 0 Å². The van der Waals surface area contributed by atoms with Crippen LogP contribution in [-0.2, 0) is 4.74 Å². The number of fused-ring (bicyclic) bond motifs is 1. The number of nitrogens with one attached hydrogen (secondary N) is 1. The molecule has 1 N–H and O–H groups in total. The first-order valence-electron chi connectivity index (χ1n) is 6.94. The van der Waals surface area contributed by atoms with Crippen LogP contribution in [-0.4, -0.2) is 41.8 Å². The molecule has 1 saturated heterocycles. The maximum Gasteiger partial charge on any atom is 0.224 e. The molecule has 1 aliphatic heterocycles. The summed E-state index contributed by atoms with van der Waals surface area (Å²) in [5, 5.41) is 3.03. The molecule has 2 heterocycles. The molecule has 1 aliphatic carbocycles. The molecule has 0 bridgehead atoms. The Morgan fingerprint density at radius 3 is 3.26 bits per heavy atom. The molecule has 2 unspecified atom stereocenters. The van der Waals surface area contributed by atoms with E-state index in [1.807, 2.05) is 6.92 Å². The minimum absolute atomic E-state index is 0.227. The van der Waals surface area contributed by atoms with Crippen LogP contribution in [0.25, 0.3) is 0 Å². The fraction of sp³-hybridized carbons (Fsp3) is 0.692. The number of morpholine rings is 1. The van der Waals surface area contributed by atoms with Gasteiger partial charge in [-0.25, -0.2) is 9.37 Å². The fourth-order valence-electron chi connectivity index (χ4n) is 2.99. The molecule has 0 radical (unpaired) electrons. The first kappa shape index (κ1) is 12.6. The summed E-state index contributed by atoms with van der Waals surface area (Å²) in [5.41, 5.74) is 0. The summed E-state index contributed by atoms with van der Waals surface area (Å²) in [6.07, 6.45) is 4.72. The van der Waals surface area contributed by atoms with Crippen molar-refractivity contribution in [2.75, 3.05) is 29.9 Å². The minimum atomic E-state index is -0.353. The van der Waals surface area contributed by atoms with Crippen LogP contribution in [0.15, 0.2) is 6.20 Å². The normalized spacial score (nSPS) is 26.3. The van der Waals surface area contributed by atoms with Crippen molar-refractivity contribution < 1.29 is 9.13 Å². The van der Waals surface area contributed by atoms with E-state index in [1.165, 1.54) is 6.20 Å². The van der Waals surface area contributed by atoms with Crippen molar-refractivity contribution in [2.24, 2.45) is 0 Å². The van der Waals surface area contributed by atoms with Crippen molar-refractivity contribution in [2.45, 2.75) is 38.3 Å². The Labute approximate surface area is 112 Å². The molecule has 3 rings (SSSR count). The Balaban J connectivity index is 1.89. The molecule has 104 valence electrons. The van der Waals surface area contributed by atoms with E-state index in [4.69, 9.17) is 4.74 Å². The van der Waals surface area contributed by atoms with E-state index in [9.17, 15) is 4.39 Å². The van der Waals surface area contributed by atoms with Crippen molar-refractivity contribution in [3.05, 3.63) is 12.0 Å². The zero-order valence-corrected chi connectivity index (χ0v) is 11.1. The number of anilines is 2. The van der Waals surface area contributed by atoms with Gasteiger partial charge in [-0.2, -0.15) is 4.98 Å². The lowest BCUT2D eigenvalue weighted by atomic mass is 10.1. The lowest BCUT2D eigenvalue weighted by Gasteiger charge is -2.38. The van der Waals surface area contributed by atoms with Crippen molar-refractivity contribution in [3.8, 4) is 0 Å².